The Balaban J connectivity index is 0.000000631. The number of hydrogen-bond acceptors (Lipinski definition) is 0. The summed E-state index contributed by atoms with van der Waals surface area (Å²) in [6.45, 7) is 8.72. The van der Waals surface area contributed by atoms with E-state index in [1.807, 2.05) is 6.07 Å². The van der Waals surface area contributed by atoms with Crippen LogP contribution in [0.3, 0.4) is 0 Å². The molecule has 0 heteroatoms. The Bertz CT molecular complexity index is 324. The Morgan fingerprint density at radius 3 is 2.06 bits per heavy atom. The molecule has 18 heavy (non-hydrogen) atoms. The molecule has 1 atom stereocenters. The van der Waals surface area contributed by atoms with Crippen molar-refractivity contribution in [2.24, 2.45) is 0 Å². The van der Waals surface area contributed by atoms with Crippen LogP contribution in [0.15, 0.2) is 30.3 Å². The monoisotopic (exact) mass is 244 g/mol. The lowest BCUT2D eigenvalue weighted by Crippen LogP contribution is -1.88. The lowest BCUT2D eigenvalue weighted by Gasteiger charge is -2.02. The smallest absolute Gasteiger partial charge is 0.0424 e. The highest BCUT2D eigenvalue weighted by molar-refractivity contribution is 5.26. The van der Waals surface area contributed by atoms with Gasteiger partial charge in [-0.2, -0.15) is 0 Å². The predicted molar refractivity (Wildman–Crippen MR) is 82.7 cm³/mol. The van der Waals surface area contributed by atoms with E-state index >= 15 is 0 Å². The van der Waals surface area contributed by atoms with Gasteiger partial charge in [-0.1, -0.05) is 76.3 Å². The lowest BCUT2D eigenvalue weighted by atomic mass is 10.0. The van der Waals surface area contributed by atoms with Crippen LogP contribution in [0.2, 0.25) is 0 Å². The zero-order valence-electron chi connectivity index (χ0n) is 12.5. The summed E-state index contributed by atoms with van der Waals surface area (Å²) in [5.41, 5.74) is 1.32. The van der Waals surface area contributed by atoms with E-state index in [-0.39, 0.29) is 0 Å². The van der Waals surface area contributed by atoms with Gasteiger partial charge in [0.2, 0.25) is 0 Å². The van der Waals surface area contributed by atoms with Gasteiger partial charge in [-0.25, -0.2) is 0 Å². The van der Waals surface area contributed by atoms with Gasteiger partial charge >= 0.3 is 0 Å². The lowest BCUT2D eigenvalue weighted by molar-refractivity contribution is 0.826. The Hall–Kier alpha value is -1.22. The maximum atomic E-state index is 3.28. The van der Waals surface area contributed by atoms with Gasteiger partial charge in [0, 0.05) is 12.3 Å². The van der Waals surface area contributed by atoms with Gasteiger partial charge in [0.1, 0.15) is 0 Å². The zero-order chi connectivity index (χ0) is 13.6. The minimum Gasteiger partial charge on any atom is -0.103 e. The fourth-order valence-corrected chi connectivity index (χ4v) is 1.32. The Morgan fingerprint density at radius 2 is 1.56 bits per heavy atom. The number of rotatable bonds is 4. The van der Waals surface area contributed by atoms with Crippen LogP contribution in [0.5, 0.6) is 0 Å². The van der Waals surface area contributed by atoms with Crippen molar-refractivity contribution in [3.05, 3.63) is 35.9 Å². The second-order valence-corrected chi connectivity index (χ2v) is 4.56. The molecule has 0 aliphatic rings. The summed E-state index contributed by atoms with van der Waals surface area (Å²) in [6.07, 6.45) is 6.12. The predicted octanol–water partition coefficient (Wildman–Crippen LogP) is 5.79. The summed E-state index contributed by atoms with van der Waals surface area (Å²) in [6, 6.07) is 10.5. The van der Waals surface area contributed by atoms with E-state index in [0.717, 1.165) is 6.42 Å². The molecule has 100 valence electrons. The number of hydrogen-bond donors (Lipinski definition) is 0. The highest BCUT2D eigenvalue weighted by Gasteiger charge is 1.98. The second kappa shape index (κ2) is 12.2. The molecule has 0 aromatic heterocycles. The largest absolute Gasteiger partial charge is 0.103 e. The van der Waals surface area contributed by atoms with Gasteiger partial charge in [-0.05, 0) is 18.9 Å². The van der Waals surface area contributed by atoms with Crippen molar-refractivity contribution in [3.63, 3.8) is 0 Å². The molecule has 0 bridgehead atoms. The van der Waals surface area contributed by atoms with Crippen molar-refractivity contribution < 1.29 is 0 Å². The first kappa shape index (κ1) is 16.8. The molecule has 0 amide bonds. The maximum Gasteiger partial charge on any atom is 0.0424 e. The summed E-state index contributed by atoms with van der Waals surface area (Å²) in [7, 11) is 0. The van der Waals surface area contributed by atoms with E-state index in [0.29, 0.717) is 5.92 Å². The molecule has 0 saturated carbocycles. The van der Waals surface area contributed by atoms with Gasteiger partial charge in [-0.15, -0.1) is 5.92 Å². The second-order valence-electron chi connectivity index (χ2n) is 4.56. The Labute approximate surface area is 114 Å². The van der Waals surface area contributed by atoms with Crippen LogP contribution in [-0.4, -0.2) is 0 Å². The fraction of sp³-hybridized carbons (Fsp3) is 0.556. The molecule has 0 aliphatic heterocycles. The van der Waals surface area contributed by atoms with Crippen LogP contribution in [0.25, 0.3) is 0 Å². The fourth-order valence-electron chi connectivity index (χ4n) is 1.32. The Kier molecular flexibility index (Phi) is 11.4. The molecule has 0 nitrogen and oxygen atoms in total. The van der Waals surface area contributed by atoms with Crippen molar-refractivity contribution in [3.8, 4) is 11.8 Å². The van der Waals surface area contributed by atoms with E-state index in [1.165, 1.54) is 31.2 Å². The molecule has 1 unspecified atom stereocenters. The molecule has 1 aromatic carbocycles. The van der Waals surface area contributed by atoms with Gasteiger partial charge in [-0.3, -0.25) is 0 Å². The first-order valence-corrected chi connectivity index (χ1v) is 7.29. The van der Waals surface area contributed by atoms with Crippen molar-refractivity contribution in [2.75, 3.05) is 0 Å². The molecular weight excluding hydrogens is 216 g/mol. The van der Waals surface area contributed by atoms with Crippen molar-refractivity contribution in [2.45, 2.75) is 65.7 Å². The molecule has 0 saturated heterocycles. The third kappa shape index (κ3) is 8.88. The number of benzene rings is 1. The molecular formula is C18H28. The van der Waals surface area contributed by atoms with Gasteiger partial charge in [0.05, 0.1) is 0 Å². The van der Waals surface area contributed by atoms with E-state index in [2.05, 4.69) is 63.8 Å². The van der Waals surface area contributed by atoms with Crippen molar-refractivity contribution >= 4 is 0 Å². The highest BCUT2D eigenvalue weighted by atomic mass is 14.0. The first-order chi connectivity index (χ1) is 8.76. The van der Waals surface area contributed by atoms with Gasteiger partial charge < -0.3 is 0 Å². The van der Waals surface area contributed by atoms with E-state index in [4.69, 9.17) is 0 Å². The van der Waals surface area contributed by atoms with E-state index in [1.54, 1.807) is 0 Å². The topological polar surface area (TPSA) is 0 Å². The molecule has 0 heterocycles. The summed E-state index contributed by atoms with van der Waals surface area (Å²) in [5, 5.41) is 0. The third-order valence-electron chi connectivity index (χ3n) is 2.77. The van der Waals surface area contributed by atoms with Crippen molar-refractivity contribution in [1.82, 2.24) is 0 Å². The summed E-state index contributed by atoms with van der Waals surface area (Å²) in [5.74, 6) is 6.89. The van der Waals surface area contributed by atoms with Crippen LogP contribution in [0.4, 0.5) is 0 Å². The first-order valence-electron chi connectivity index (χ1n) is 7.29. The maximum absolute atomic E-state index is 3.28. The van der Waals surface area contributed by atoms with Gasteiger partial charge in [0.25, 0.3) is 0 Å². The minimum absolute atomic E-state index is 0.369. The summed E-state index contributed by atoms with van der Waals surface area (Å²) >= 11 is 0. The van der Waals surface area contributed by atoms with Crippen LogP contribution < -0.4 is 0 Å². The molecule has 0 fully saturated rings. The highest BCUT2D eigenvalue weighted by Crippen LogP contribution is 2.12. The summed E-state index contributed by atoms with van der Waals surface area (Å²) in [4.78, 5) is 0. The molecule has 1 rings (SSSR count). The normalized spacial score (nSPS) is 10.7. The minimum atomic E-state index is 0.369. The van der Waals surface area contributed by atoms with Crippen molar-refractivity contribution in [1.29, 1.82) is 0 Å². The standard InChI is InChI=1S/C14H18.C4H10/c1-3-4-5-7-10-13(2)14-11-8-6-9-12-14;1-3-4-2/h6,8-9,11-13H,3-5H2,1-2H3;3-4H2,1-2H3. The molecule has 0 N–H and O–H groups in total. The van der Waals surface area contributed by atoms with Crippen LogP contribution >= 0.6 is 0 Å². The molecule has 1 aromatic rings. The molecule has 0 aliphatic carbocycles. The molecule has 0 radical (unpaired) electrons. The third-order valence-corrected chi connectivity index (χ3v) is 2.77. The van der Waals surface area contributed by atoms with Crippen LogP contribution in [-0.2, 0) is 0 Å². The number of unbranched alkanes of at least 4 members (excludes halogenated alkanes) is 3. The average molecular weight is 244 g/mol. The van der Waals surface area contributed by atoms with Crippen LogP contribution in [0.1, 0.15) is 71.3 Å². The van der Waals surface area contributed by atoms with E-state index < -0.39 is 0 Å². The zero-order valence-corrected chi connectivity index (χ0v) is 12.5. The van der Waals surface area contributed by atoms with E-state index in [9.17, 15) is 0 Å². The Morgan fingerprint density at radius 1 is 0.944 bits per heavy atom. The summed E-state index contributed by atoms with van der Waals surface area (Å²) < 4.78 is 0. The quantitative estimate of drug-likeness (QED) is 0.464. The van der Waals surface area contributed by atoms with Gasteiger partial charge in [0.15, 0.2) is 0 Å². The average Bonchev–Trinajstić information content (AvgIpc) is 2.44. The molecule has 0 spiro atoms. The SMILES string of the molecule is CCCC.CCCCC#CC(C)c1ccccc1. The van der Waals surface area contributed by atoms with Crippen LogP contribution in [0, 0.1) is 11.8 Å².